The molecule has 68 valence electrons. The van der Waals surface area contributed by atoms with Crippen LogP contribution in [0, 0.1) is 25.9 Å². The molecule has 0 saturated carbocycles. The number of hydrogen-bond donors (Lipinski definition) is 1. The van der Waals surface area contributed by atoms with Crippen molar-refractivity contribution in [3.8, 4) is 17.8 Å². The molecule has 1 aromatic rings. The highest BCUT2D eigenvalue weighted by atomic mass is 16.5. The van der Waals surface area contributed by atoms with Crippen molar-refractivity contribution in [2.75, 3.05) is 6.61 Å². The van der Waals surface area contributed by atoms with Gasteiger partial charge in [-0.25, -0.2) is 0 Å². The number of benzene rings is 1. The van der Waals surface area contributed by atoms with Crippen molar-refractivity contribution < 1.29 is 9.84 Å². The van der Waals surface area contributed by atoms with Gasteiger partial charge in [-0.3, -0.25) is 0 Å². The van der Waals surface area contributed by atoms with E-state index in [2.05, 4.69) is 12.0 Å². The summed E-state index contributed by atoms with van der Waals surface area (Å²) in [6.07, 6.45) is 2.43. The minimum absolute atomic E-state index is 0.176. The van der Waals surface area contributed by atoms with Crippen LogP contribution in [0.15, 0.2) is 18.2 Å². The van der Waals surface area contributed by atoms with Crippen molar-refractivity contribution in [1.82, 2.24) is 0 Å². The Labute approximate surface area is 78.2 Å². The van der Waals surface area contributed by atoms with Gasteiger partial charge in [0.05, 0.1) is 0 Å². The van der Waals surface area contributed by atoms with Crippen LogP contribution in [0.25, 0.3) is 0 Å². The Morgan fingerprint density at radius 1 is 1.31 bits per heavy atom. The number of rotatable bonds is 1. The smallest absolute Gasteiger partial charge is 0.146 e. The number of para-hydroxylation sites is 1. The van der Waals surface area contributed by atoms with Crippen LogP contribution in [0.1, 0.15) is 11.1 Å². The molecule has 0 spiro atoms. The van der Waals surface area contributed by atoms with Gasteiger partial charge in [-0.05, 0) is 30.9 Å². The highest BCUT2D eigenvalue weighted by Gasteiger charge is 2.00. The van der Waals surface area contributed by atoms with Crippen molar-refractivity contribution in [3.63, 3.8) is 0 Å². The highest BCUT2D eigenvalue weighted by Crippen LogP contribution is 2.21. The summed E-state index contributed by atoms with van der Waals surface area (Å²) in [4.78, 5) is 0. The molecular weight excluding hydrogens is 164 g/mol. The molecule has 2 heteroatoms. The summed E-state index contributed by atoms with van der Waals surface area (Å²) >= 11 is 0. The lowest BCUT2D eigenvalue weighted by atomic mass is 10.1. The van der Waals surface area contributed by atoms with Crippen LogP contribution in [-0.4, -0.2) is 11.7 Å². The first-order valence-electron chi connectivity index (χ1n) is 4.07. The van der Waals surface area contributed by atoms with Crippen molar-refractivity contribution in [3.05, 3.63) is 29.3 Å². The first-order chi connectivity index (χ1) is 6.25. The van der Waals surface area contributed by atoms with Crippen LogP contribution in [0.4, 0.5) is 0 Å². The molecule has 0 radical (unpaired) electrons. The standard InChI is InChI=1S/C11H12O2/c1-9-5-3-6-10(2)11(9)13-8-4-7-12/h3,5-6,12H,7H2,1-2H3. The van der Waals surface area contributed by atoms with Crippen LogP contribution in [-0.2, 0) is 0 Å². The molecule has 1 aromatic carbocycles. The second-order valence-electron chi connectivity index (χ2n) is 2.76. The fourth-order valence-electron chi connectivity index (χ4n) is 1.08. The van der Waals surface area contributed by atoms with E-state index >= 15 is 0 Å². The van der Waals surface area contributed by atoms with Gasteiger partial charge in [0.15, 0.2) is 0 Å². The molecule has 0 bridgehead atoms. The quantitative estimate of drug-likeness (QED) is 0.659. The molecule has 0 atom stereocenters. The maximum absolute atomic E-state index is 8.43. The predicted octanol–water partition coefficient (Wildman–Crippen LogP) is 1.64. The third kappa shape index (κ3) is 2.50. The lowest BCUT2D eigenvalue weighted by Crippen LogP contribution is -1.90. The summed E-state index contributed by atoms with van der Waals surface area (Å²) in [5.41, 5.74) is 2.10. The average Bonchev–Trinajstić information content (AvgIpc) is 2.10. The summed E-state index contributed by atoms with van der Waals surface area (Å²) in [6.45, 7) is 3.75. The van der Waals surface area contributed by atoms with Gasteiger partial charge in [0.1, 0.15) is 18.5 Å². The second kappa shape index (κ2) is 4.54. The maximum atomic E-state index is 8.43. The van der Waals surface area contributed by atoms with Crippen LogP contribution in [0.5, 0.6) is 5.75 Å². The Balaban J connectivity index is 2.87. The van der Waals surface area contributed by atoms with Crippen molar-refractivity contribution in [1.29, 1.82) is 0 Å². The largest absolute Gasteiger partial charge is 0.407 e. The topological polar surface area (TPSA) is 29.5 Å². The number of ether oxygens (including phenoxy) is 1. The molecule has 0 aliphatic carbocycles. The fourth-order valence-corrected chi connectivity index (χ4v) is 1.08. The van der Waals surface area contributed by atoms with Gasteiger partial charge in [0.2, 0.25) is 0 Å². The summed E-state index contributed by atoms with van der Waals surface area (Å²) in [5.74, 6) is 3.22. The van der Waals surface area contributed by atoms with E-state index < -0.39 is 0 Å². The van der Waals surface area contributed by atoms with Gasteiger partial charge in [0, 0.05) is 0 Å². The van der Waals surface area contributed by atoms with E-state index in [1.165, 1.54) is 0 Å². The molecule has 0 aromatic heterocycles. The minimum Gasteiger partial charge on any atom is -0.407 e. The number of hydrogen-bond acceptors (Lipinski definition) is 2. The highest BCUT2D eigenvalue weighted by molar-refractivity contribution is 5.40. The molecule has 1 rings (SSSR count). The minimum atomic E-state index is -0.176. The van der Waals surface area contributed by atoms with Gasteiger partial charge >= 0.3 is 0 Å². The van der Waals surface area contributed by atoms with Gasteiger partial charge in [-0.15, -0.1) is 0 Å². The Morgan fingerprint density at radius 2 is 1.92 bits per heavy atom. The van der Waals surface area contributed by atoms with Gasteiger partial charge in [-0.2, -0.15) is 0 Å². The Bertz CT molecular complexity index is 325. The van der Waals surface area contributed by atoms with Crippen LogP contribution in [0.3, 0.4) is 0 Å². The molecule has 13 heavy (non-hydrogen) atoms. The molecule has 1 N–H and O–H groups in total. The maximum Gasteiger partial charge on any atom is 0.146 e. The van der Waals surface area contributed by atoms with Crippen LogP contribution >= 0.6 is 0 Å². The molecule has 0 aliphatic rings. The zero-order valence-electron chi connectivity index (χ0n) is 7.79. The predicted molar refractivity (Wildman–Crippen MR) is 51.4 cm³/mol. The molecule has 0 heterocycles. The second-order valence-corrected chi connectivity index (χ2v) is 2.76. The fraction of sp³-hybridized carbons (Fsp3) is 0.273. The van der Waals surface area contributed by atoms with E-state index in [0.717, 1.165) is 16.9 Å². The zero-order valence-corrected chi connectivity index (χ0v) is 7.79. The Morgan fingerprint density at radius 3 is 2.46 bits per heavy atom. The SMILES string of the molecule is Cc1cccc(C)c1OC#CCO. The number of aryl methyl sites for hydroxylation is 2. The molecular formula is C11H12O2. The molecule has 0 fully saturated rings. The zero-order chi connectivity index (χ0) is 9.68. The Kier molecular flexibility index (Phi) is 3.36. The van der Waals surface area contributed by atoms with E-state index in [4.69, 9.17) is 9.84 Å². The molecule has 0 amide bonds. The first kappa shape index (κ1) is 9.63. The van der Waals surface area contributed by atoms with Gasteiger partial charge in [0.25, 0.3) is 0 Å². The molecule has 0 aliphatic heterocycles. The van der Waals surface area contributed by atoms with Crippen molar-refractivity contribution >= 4 is 0 Å². The monoisotopic (exact) mass is 176 g/mol. The molecule has 2 nitrogen and oxygen atoms in total. The average molecular weight is 176 g/mol. The van der Waals surface area contributed by atoms with E-state index in [0.29, 0.717) is 0 Å². The molecule has 0 saturated heterocycles. The number of aliphatic hydroxyl groups is 1. The van der Waals surface area contributed by atoms with Crippen molar-refractivity contribution in [2.45, 2.75) is 13.8 Å². The summed E-state index contributed by atoms with van der Waals surface area (Å²) < 4.78 is 5.19. The van der Waals surface area contributed by atoms with Gasteiger partial charge in [-0.1, -0.05) is 18.2 Å². The first-order valence-corrected chi connectivity index (χ1v) is 4.07. The Hall–Kier alpha value is -1.46. The molecule has 0 unspecified atom stereocenters. The third-order valence-electron chi connectivity index (χ3n) is 1.71. The summed E-state index contributed by atoms with van der Waals surface area (Å²) in [7, 11) is 0. The van der Waals surface area contributed by atoms with Crippen LogP contribution in [0.2, 0.25) is 0 Å². The lowest BCUT2D eigenvalue weighted by Gasteiger charge is -2.04. The lowest BCUT2D eigenvalue weighted by molar-refractivity contribution is 0.349. The van der Waals surface area contributed by atoms with E-state index in [1.54, 1.807) is 0 Å². The van der Waals surface area contributed by atoms with Crippen LogP contribution < -0.4 is 4.74 Å². The van der Waals surface area contributed by atoms with E-state index in [9.17, 15) is 0 Å². The summed E-state index contributed by atoms with van der Waals surface area (Å²) in [6, 6.07) is 5.89. The normalized spacial score (nSPS) is 8.85. The number of aliphatic hydroxyl groups excluding tert-OH is 1. The van der Waals surface area contributed by atoms with Crippen molar-refractivity contribution in [2.24, 2.45) is 0 Å². The summed E-state index contributed by atoms with van der Waals surface area (Å²) in [5, 5.41) is 8.43. The van der Waals surface area contributed by atoms with Gasteiger partial charge < -0.3 is 9.84 Å². The van der Waals surface area contributed by atoms with E-state index in [-0.39, 0.29) is 6.61 Å². The van der Waals surface area contributed by atoms with E-state index in [1.807, 2.05) is 32.0 Å². The third-order valence-corrected chi connectivity index (χ3v) is 1.71.